The van der Waals surface area contributed by atoms with Gasteiger partial charge in [0.2, 0.25) is 0 Å². The molecule has 2 nitrogen and oxygen atoms in total. The first kappa shape index (κ1) is 12.6. The van der Waals surface area contributed by atoms with Crippen molar-refractivity contribution in [1.82, 2.24) is 5.32 Å². The highest BCUT2D eigenvalue weighted by atomic mass is 16.5. The van der Waals surface area contributed by atoms with Crippen molar-refractivity contribution in [2.75, 3.05) is 13.2 Å². The lowest BCUT2D eigenvalue weighted by Gasteiger charge is -2.10. The Balaban J connectivity index is 1.70. The summed E-state index contributed by atoms with van der Waals surface area (Å²) in [5.41, 5.74) is 4.08. The van der Waals surface area contributed by atoms with Crippen LogP contribution in [0.1, 0.15) is 36.0 Å². The molecule has 1 fully saturated rings. The van der Waals surface area contributed by atoms with Gasteiger partial charge in [-0.15, -0.1) is 0 Å². The van der Waals surface area contributed by atoms with Crippen LogP contribution in [0.25, 0.3) is 0 Å². The molecule has 0 amide bonds. The van der Waals surface area contributed by atoms with Gasteiger partial charge >= 0.3 is 0 Å². The SMILES string of the molecule is Cc1cc(C)cc(CNCCC2CCCO2)c1. The van der Waals surface area contributed by atoms with Crippen LogP contribution in [0.2, 0.25) is 0 Å². The van der Waals surface area contributed by atoms with Crippen LogP contribution >= 0.6 is 0 Å². The fourth-order valence-electron chi connectivity index (χ4n) is 2.54. The molecule has 0 radical (unpaired) electrons. The van der Waals surface area contributed by atoms with Crippen molar-refractivity contribution in [2.45, 2.75) is 45.8 Å². The summed E-state index contributed by atoms with van der Waals surface area (Å²) in [5.74, 6) is 0. The highest BCUT2D eigenvalue weighted by molar-refractivity contribution is 5.28. The Kier molecular flexibility index (Phi) is 4.57. The van der Waals surface area contributed by atoms with E-state index in [1.165, 1.54) is 29.5 Å². The lowest BCUT2D eigenvalue weighted by atomic mass is 10.1. The van der Waals surface area contributed by atoms with Crippen molar-refractivity contribution in [2.24, 2.45) is 0 Å². The van der Waals surface area contributed by atoms with Gasteiger partial charge in [0.15, 0.2) is 0 Å². The maximum Gasteiger partial charge on any atom is 0.0588 e. The summed E-state index contributed by atoms with van der Waals surface area (Å²) in [6.07, 6.45) is 4.12. The minimum atomic E-state index is 0.502. The molecule has 1 heterocycles. The molecule has 1 saturated heterocycles. The third-order valence-corrected chi connectivity index (χ3v) is 3.28. The molecule has 94 valence electrons. The average molecular weight is 233 g/mol. The molecule has 0 spiro atoms. The van der Waals surface area contributed by atoms with Gasteiger partial charge in [-0.2, -0.15) is 0 Å². The lowest BCUT2D eigenvalue weighted by molar-refractivity contribution is 0.104. The highest BCUT2D eigenvalue weighted by Crippen LogP contribution is 2.14. The maximum absolute atomic E-state index is 5.60. The minimum absolute atomic E-state index is 0.502. The van der Waals surface area contributed by atoms with Gasteiger partial charge in [0, 0.05) is 13.2 Å². The summed E-state index contributed by atoms with van der Waals surface area (Å²) in [4.78, 5) is 0. The van der Waals surface area contributed by atoms with Crippen LogP contribution in [0.4, 0.5) is 0 Å². The summed E-state index contributed by atoms with van der Waals surface area (Å²) < 4.78 is 5.60. The molecule has 1 aliphatic heterocycles. The van der Waals surface area contributed by atoms with E-state index in [9.17, 15) is 0 Å². The molecule has 17 heavy (non-hydrogen) atoms. The molecule has 1 N–H and O–H groups in total. The van der Waals surface area contributed by atoms with Gasteiger partial charge in [-0.25, -0.2) is 0 Å². The van der Waals surface area contributed by atoms with E-state index in [-0.39, 0.29) is 0 Å². The van der Waals surface area contributed by atoms with Crippen molar-refractivity contribution in [3.05, 3.63) is 34.9 Å². The van der Waals surface area contributed by atoms with E-state index in [1.54, 1.807) is 0 Å². The van der Waals surface area contributed by atoms with Crippen LogP contribution in [0, 0.1) is 13.8 Å². The molecule has 1 aromatic rings. The fraction of sp³-hybridized carbons (Fsp3) is 0.600. The van der Waals surface area contributed by atoms with E-state index in [0.29, 0.717) is 6.10 Å². The Morgan fingerprint density at radius 3 is 2.65 bits per heavy atom. The molecule has 0 bridgehead atoms. The van der Waals surface area contributed by atoms with Crippen molar-refractivity contribution in [3.8, 4) is 0 Å². The summed E-state index contributed by atoms with van der Waals surface area (Å²) in [6.45, 7) is 7.29. The van der Waals surface area contributed by atoms with Crippen LogP contribution in [-0.4, -0.2) is 19.3 Å². The molecule has 0 aromatic heterocycles. The second kappa shape index (κ2) is 6.18. The minimum Gasteiger partial charge on any atom is -0.378 e. The van der Waals surface area contributed by atoms with Crippen LogP contribution in [0.5, 0.6) is 0 Å². The van der Waals surface area contributed by atoms with E-state index in [1.807, 2.05) is 0 Å². The highest BCUT2D eigenvalue weighted by Gasteiger charge is 2.14. The number of benzene rings is 1. The monoisotopic (exact) mass is 233 g/mol. The average Bonchev–Trinajstić information content (AvgIpc) is 2.76. The second-order valence-electron chi connectivity index (χ2n) is 5.10. The quantitative estimate of drug-likeness (QED) is 0.789. The van der Waals surface area contributed by atoms with Gasteiger partial charge in [0.25, 0.3) is 0 Å². The molecule has 2 heteroatoms. The molecule has 1 aliphatic rings. The first-order valence-electron chi connectivity index (χ1n) is 6.63. The number of hydrogen-bond acceptors (Lipinski definition) is 2. The molecule has 0 aliphatic carbocycles. The molecular formula is C15H23NO. The van der Waals surface area contributed by atoms with Gasteiger partial charge in [0.05, 0.1) is 6.10 Å². The third-order valence-electron chi connectivity index (χ3n) is 3.28. The van der Waals surface area contributed by atoms with Crippen LogP contribution < -0.4 is 5.32 Å². The van der Waals surface area contributed by atoms with Crippen molar-refractivity contribution in [1.29, 1.82) is 0 Å². The van der Waals surface area contributed by atoms with E-state index in [0.717, 1.165) is 26.1 Å². The number of hydrogen-bond donors (Lipinski definition) is 1. The number of rotatable bonds is 5. The van der Waals surface area contributed by atoms with Crippen molar-refractivity contribution >= 4 is 0 Å². The first-order valence-corrected chi connectivity index (χ1v) is 6.63. The zero-order chi connectivity index (χ0) is 12.1. The van der Waals surface area contributed by atoms with Gasteiger partial charge in [0.1, 0.15) is 0 Å². The Labute approximate surface area is 104 Å². The molecule has 1 atom stereocenters. The number of aryl methyl sites for hydroxylation is 2. The van der Waals surface area contributed by atoms with Crippen molar-refractivity contribution in [3.63, 3.8) is 0 Å². The van der Waals surface area contributed by atoms with E-state index in [4.69, 9.17) is 4.74 Å². The van der Waals surface area contributed by atoms with Gasteiger partial charge < -0.3 is 10.1 Å². The Morgan fingerprint density at radius 1 is 1.24 bits per heavy atom. The Hall–Kier alpha value is -0.860. The molecular weight excluding hydrogens is 210 g/mol. The molecule has 0 saturated carbocycles. The molecule has 1 unspecified atom stereocenters. The summed E-state index contributed by atoms with van der Waals surface area (Å²) in [5, 5.41) is 3.50. The Bertz CT molecular complexity index is 336. The predicted molar refractivity (Wildman–Crippen MR) is 71.2 cm³/mol. The largest absolute Gasteiger partial charge is 0.378 e. The van der Waals surface area contributed by atoms with E-state index >= 15 is 0 Å². The van der Waals surface area contributed by atoms with Crippen LogP contribution in [-0.2, 0) is 11.3 Å². The lowest BCUT2D eigenvalue weighted by Crippen LogP contribution is -2.19. The summed E-state index contributed by atoms with van der Waals surface area (Å²) >= 11 is 0. The first-order chi connectivity index (χ1) is 8.24. The van der Waals surface area contributed by atoms with Crippen LogP contribution in [0.15, 0.2) is 18.2 Å². The smallest absolute Gasteiger partial charge is 0.0588 e. The van der Waals surface area contributed by atoms with E-state index in [2.05, 4.69) is 37.4 Å². The molecule has 1 aromatic carbocycles. The molecule has 2 rings (SSSR count). The summed E-state index contributed by atoms with van der Waals surface area (Å²) in [7, 11) is 0. The van der Waals surface area contributed by atoms with Crippen LogP contribution in [0.3, 0.4) is 0 Å². The standard InChI is InChI=1S/C15H23NO/c1-12-8-13(2)10-14(9-12)11-16-6-5-15-4-3-7-17-15/h8-10,15-16H,3-7,11H2,1-2H3. The fourth-order valence-corrected chi connectivity index (χ4v) is 2.54. The Morgan fingerprint density at radius 2 is 2.00 bits per heavy atom. The maximum atomic E-state index is 5.60. The second-order valence-corrected chi connectivity index (χ2v) is 5.10. The zero-order valence-corrected chi connectivity index (χ0v) is 11.0. The zero-order valence-electron chi connectivity index (χ0n) is 11.0. The van der Waals surface area contributed by atoms with Crippen molar-refractivity contribution < 1.29 is 4.74 Å². The number of nitrogens with one attached hydrogen (secondary N) is 1. The predicted octanol–water partition coefficient (Wildman–Crippen LogP) is 2.96. The third kappa shape index (κ3) is 4.14. The van der Waals surface area contributed by atoms with E-state index < -0.39 is 0 Å². The summed E-state index contributed by atoms with van der Waals surface area (Å²) in [6, 6.07) is 6.73. The number of ether oxygens (including phenoxy) is 1. The van der Waals surface area contributed by atoms with Gasteiger partial charge in [-0.1, -0.05) is 29.3 Å². The topological polar surface area (TPSA) is 21.3 Å². The normalized spacial score (nSPS) is 19.8. The van der Waals surface area contributed by atoms with Gasteiger partial charge in [-0.05, 0) is 45.2 Å². The van der Waals surface area contributed by atoms with Gasteiger partial charge in [-0.3, -0.25) is 0 Å².